The molecular weight excluding hydrogens is 366 g/mol. The van der Waals surface area contributed by atoms with Crippen LogP contribution in [-0.2, 0) is 11.3 Å². The molecule has 6 nitrogen and oxygen atoms in total. The van der Waals surface area contributed by atoms with Crippen LogP contribution >= 0.6 is 0 Å². The van der Waals surface area contributed by atoms with Gasteiger partial charge in [0, 0.05) is 43.0 Å². The zero-order valence-electron chi connectivity index (χ0n) is 16.7. The Labute approximate surface area is 169 Å². The molecule has 0 bridgehead atoms. The number of aromatic nitrogens is 1. The summed E-state index contributed by atoms with van der Waals surface area (Å²) in [6.45, 7) is 4.92. The molecule has 3 aromatic rings. The van der Waals surface area contributed by atoms with E-state index in [1.807, 2.05) is 42.6 Å². The van der Waals surface area contributed by atoms with Crippen LogP contribution in [0.1, 0.15) is 22.8 Å². The molecule has 1 aliphatic heterocycles. The molecule has 0 spiro atoms. The van der Waals surface area contributed by atoms with Crippen molar-refractivity contribution in [2.75, 3.05) is 31.6 Å². The van der Waals surface area contributed by atoms with Gasteiger partial charge in [-0.2, -0.15) is 0 Å². The molecule has 6 heteroatoms. The van der Waals surface area contributed by atoms with E-state index in [9.17, 15) is 9.59 Å². The molecule has 2 aromatic carbocycles. The van der Waals surface area contributed by atoms with Crippen LogP contribution < -0.4 is 15.8 Å². The summed E-state index contributed by atoms with van der Waals surface area (Å²) in [5.41, 5.74) is 2.58. The molecular formula is C23H25N3O3. The maximum absolute atomic E-state index is 13.0. The van der Waals surface area contributed by atoms with E-state index in [1.165, 1.54) is 0 Å². The molecule has 1 saturated heterocycles. The van der Waals surface area contributed by atoms with Gasteiger partial charge in [-0.15, -0.1) is 0 Å². The Balaban J connectivity index is 1.62. The summed E-state index contributed by atoms with van der Waals surface area (Å²) in [6.07, 6.45) is 2.03. The monoisotopic (exact) mass is 391 g/mol. The Morgan fingerprint density at radius 2 is 2.07 bits per heavy atom. The number of fused-ring (bicyclic) bond motifs is 1. The van der Waals surface area contributed by atoms with Gasteiger partial charge in [0.05, 0.1) is 19.3 Å². The standard InChI is InChI=1S/C23H25N3O3/c1-16-14-25(10-11-29-16)20-6-7-21-18(13-20)8-9-26(23(21)28)15-17-4-3-5-19(12-17)22(27)24-2/h3-9,12-13,16H,10-11,14-15H2,1-2H3,(H,24,27). The van der Waals surface area contributed by atoms with Crippen LogP contribution in [-0.4, -0.2) is 43.3 Å². The van der Waals surface area contributed by atoms with Crippen LogP contribution in [0.25, 0.3) is 10.8 Å². The number of anilines is 1. The first-order valence-electron chi connectivity index (χ1n) is 9.86. The van der Waals surface area contributed by atoms with Gasteiger partial charge in [0.2, 0.25) is 0 Å². The SMILES string of the molecule is CNC(=O)c1cccc(Cn2ccc3cc(N4CCOC(C)C4)ccc3c2=O)c1. The lowest BCUT2D eigenvalue weighted by molar-refractivity contribution is 0.0532. The maximum atomic E-state index is 13.0. The number of amides is 1. The number of carbonyl (C=O) groups is 1. The summed E-state index contributed by atoms with van der Waals surface area (Å²) in [5, 5.41) is 4.25. The number of rotatable bonds is 4. The molecule has 29 heavy (non-hydrogen) atoms. The molecule has 150 valence electrons. The van der Waals surface area contributed by atoms with Crippen molar-refractivity contribution < 1.29 is 9.53 Å². The molecule has 0 radical (unpaired) electrons. The molecule has 1 fully saturated rings. The number of hydrogen-bond donors (Lipinski definition) is 1. The average molecular weight is 391 g/mol. The number of nitrogens with zero attached hydrogens (tertiary/aromatic N) is 2. The second kappa shape index (κ2) is 8.09. The Morgan fingerprint density at radius 1 is 1.21 bits per heavy atom. The van der Waals surface area contributed by atoms with Crippen molar-refractivity contribution in [1.29, 1.82) is 0 Å². The lowest BCUT2D eigenvalue weighted by Crippen LogP contribution is -2.41. The topological polar surface area (TPSA) is 63.6 Å². The fourth-order valence-electron chi connectivity index (χ4n) is 3.80. The summed E-state index contributed by atoms with van der Waals surface area (Å²) < 4.78 is 7.30. The van der Waals surface area contributed by atoms with Crippen molar-refractivity contribution in [2.45, 2.75) is 19.6 Å². The Kier molecular flexibility index (Phi) is 5.36. The van der Waals surface area contributed by atoms with Crippen LogP contribution in [0, 0.1) is 0 Å². The zero-order chi connectivity index (χ0) is 20.4. The first kappa shape index (κ1) is 19.2. The minimum absolute atomic E-state index is 0.0326. The number of hydrogen-bond acceptors (Lipinski definition) is 4. The Hall–Kier alpha value is -3.12. The van der Waals surface area contributed by atoms with Crippen LogP contribution in [0.15, 0.2) is 59.5 Å². The fourth-order valence-corrected chi connectivity index (χ4v) is 3.80. The number of nitrogens with one attached hydrogen (secondary N) is 1. The predicted molar refractivity (Wildman–Crippen MR) is 115 cm³/mol. The summed E-state index contributed by atoms with van der Waals surface area (Å²) in [7, 11) is 1.61. The van der Waals surface area contributed by atoms with Crippen molar-refractivity contribution in [1.82, 2.24) is 9.88 Å². The molecule has 1 unspecified atom stereocenters. The van der Waals surface area contributed by atoms with Gasteiger partial charge in [-0.1, -0.05) is 12.1 Å². The third kappa shape index (κ3) is 4.03. The maximum Gasteiger partial charge on any atom is 0.258 e. The minimum Gasteiger partial charge on any atom is -0.375 e. The van der Waals surface area contributed by atoms with E-state index in [-0.39, 0.29) is 17.6 Å². The van der Waals surface area contributed by atoms with Gasteiger partial charge >= 0.3 is 0 Å². The molecule has 1 aromatic heterocycles. The van der Waals surface area contributed by atoms with Gasteiger partial charge in [-0.3, -0.25) is 9.59 Å². The van der Waals surface area contributed by atoms with Gasteiger partial charge in [-0.05, 0) is 54.3 Å². The highest BCUT2D eigenvalue weighted by atomic mass is 16.5. The highest BCUT2D eigenvalue weighted by Gasteiger charge is 2.17. The zero-order valence-corrected chi connectivity index (χ0v) is 16.7. The Bertz CT molecular complexity index is 1110. The third-order valence-electron chi connectivity index (χ3n) is 5.34. The number of pyridine rings is 1. The molecule has 0 saturated carbocycles. The molecule has 1 N–H and O–H groups in total. The van der Waals surface area contributed by atoms with E-state index in [2.05, 4.69) is 23.2 Å². The lowest BCUT2D eigenvalue weighted by atomic mass is 10.1. The van der Waals surface area contributed by atoms with E-state index < -0.39 is 0 Å². The average Bonchev–Trinajstić information content (AvgIpc) is 2.75. The van der Waals surface area contributed by atoms with Crippen molar-refractivity contribution >= 4 is 22.4 Å². The predicted octanol–water partition coefficient (Wildman–Crippen LogP) is 2.63. The molecule has 1 amide bonds. The Morgan fingerprint density at radius 3 is 2.86 bits per heavy atom. The largest absolute Gasteiger partial charge is 0.375 e. The summed E-state index contributed by atoms with van der Waals surface area (Å²) in [5.74, 6) is -0.136. The highest BCUT2D eigenvalue weighted by Crippen LogP contribution is 2.22. The second-order valence-electron chi connectivity index (χ2n) is 7.43. The van der Waals surface area contributed by atoms with E-state index in [4.69, 9.17) is 4.74 Å². The molecule has 0 aliphatic carbocycles. The van der Waals surface area contributed by atoms with Crippen molar-refractivity contribution in [3.05, 3.63) is 76.2 Å². The quantitative estimate of drug-likeness (QED) is 0.743. The van der Waals surface area contributed by atoms with Crippen molar-refractivity contribution in [2.24, 2.45) is 0 Å². The number of carbonyl (C=O) groups excluding carboxylic acids is 1. The summed E-state index contributed by atoms with van der Waals surface area (Å²) >= 11 is 0. The summed E-state index contributed by atoms with van der Waals surface area (Å²) in [6, 6.07) is 15.3. The van der Waals surface area contributed by atoms with E-state index in [1.54, 1.807) is 17.7 Å². The number of morpholine rings is 1. The molecule has 4 rings (SSSR count). The van der Waals surface area contributed by atoms with Crippen LogP contribution in [0.5, 0.6) is 0 Å². The minimum atomic E-state index is -0.136. The highest BCUT2D eigenvalue weighted by molar-refractivity contribution is 5.94. The lowest BCUT2D eigenvalue weighted by Gasteiger charge is -2.33. The van der Waals surface area contributed by atoms with Crippen molar-refractivity contribution in [3.63, 3.8) is 0 Å². The van der Waals surface area contributed by atoms with Gasteiger partial charge in [0.1, 0.15) is 0 Å². The molecule has 1 atom stereocenters. The van der Waals surface area contributed by atoms with Crippen LogP contribution in [0.2, 0.25) is 0 Å². The van der Waals surface area contributed by atoms with Crippen molar-refractivity contribution in [3.8, 4) is 0 Å². The van der Waals surface area contributed by atoms with Gasteiger partial charge < -0.3 is 19.5 Å². The van der Waals surface area contributed by atoms with Gasteiger partial charge in [0.15, 0.2) is 0 Å². The van der Waals surface area contributed by atoms with Gasteiger partial charge in [-0.25, -0.2) is 0 Å². The van der Waals surface area contributed by atoms with Gasteiger partial charge in [0.25, 0.3) is 11.5 Å². The van der Waals surface area contributed by atoms with E-state index >= 15 is 0 Å². The summed E-state index contributed by atoms with van der Waals surface area (Å²) in [4.78, 5) is 27.1. The van der Waals surface area contributed by atoms with E-state index in [0.29, 0.717) is 17.5 Å². The fraction of sp³-hybridized carbons (Fsp3) is 0.304. The number of benzene rings is 2. The second-order valence-corrected chi connectivity index (χ2v) is 7.43. The normalized spacial score (nSPS) is 16.8. The first-order valence-corrected chi connectivity index (χ1v) is 9.86. The smallest absolute Gasteiger partial charge is 0.258 e. The van der Waals surface area contributed by atoms with Crippen LogP contribution in [0.4, 0.5) is 5.69 Å². The van der Waals surface area contributed by atoms with Crippen LogP contribution in [0.3, 0.4) is 0 Å². The molecule has 2 heterocycles. The third-order valence-corrected chi connectivity index (χ3v) is 5.34. The first-order chi connectivity index (χ1) is 14.0. The molecule has 1 aliphatic rings. The number of ether oxygens (including phenoxy) is 1. The van der Waals surface area contributed by atoms with E-state index in [0.717, 1.165) is 36.3 Å².